The van der Waals surface area contributed by atoms with E-state index in [2.05, 4.69) is 16.4 Å². The summed E-state index contributed by atoms with van der Waals surface area (Å²) in [4.78, 5) is 29.0. The Balaban J connectivity index is 1.65. The molecule has 0 bridgehead atoms. The van der Waals surface area contributed by atoms with Gasteiger partial charge in [-0.15, -0.1) is 0 Å². The van der Waals surface area contributed by atoms with E-state index < -0.39 is 5.97 Å². The van der Waals surface area contributed by atoms with Crippen LogP contribution < -0.4 is 5.32 Å². The predicted octanol–water partition coefficient (Wildman–Crippen LogP) is 5.95. The molecule has 0 atom stereocenters. The summed E-state index contributed by atoms with van der Waals surface area (Å²) in [6.07, 6.45) is 1.84. The van der Waals surface area contributed by atoms with E-state index >= 15 is 0 Å². The molecule has 0 spiro atoms. The number of aromatic carboxylic acids is 1. The Kier molecular flexibility index (Phi) is 6.19. The average molecular weight is 480 g/mol. The molecule has 1 amide bonds. The first-order valence-corrected chi connectivity index (χ1v) is 11.4. The highest BCUT2D eigenvalue weighted by Gasteiger charge is 2.25. The summed E-state index contributed by atoms with van der Waals surface area (Å²) in [5.41, 5.74) is 6.57. The molecule has 3 aromatic rings. The number of carboxylic acids is 1. The number of carboxylic acid groups (broad SMARTS) is 1. The normalized spacial score (nSPS) is 16.0. The van der Waals surface area contributed by atoms with Crippen LogP contribution in [-0.2, 0) is 4.79 Å². The van der Waals surface area contributed by atoms with Crippen LogP contribution in [0.1, 0.15) is 38.4 Å². The number of carbonyl (C=O) groups excluding carboxylic acids is 1. The van der Waals surface area contributed by atoms with Crippen LogP contribution in [0.25, 0.3) is 11.8 Å². The number of halogens is 1. The molecule has 1 fully saturated rings. The average Bonchev–Trinajstić information content (AvgIpc) is 3.18. The van der Waals surface area contributed by atoms with E-state index in [1.54, 1.807) is 12.1 Å². The van der Waals surface area contributed by atoms with Crippen molar-refractivity contribution in [2.24, 2.45) is 4.99 Å². The summed E-state index contributed by atoms with van der Waals surface area (Å²) >= 11 is 7.47. The molecule has 2 heterocycles. The minimum Gasteiger partial charge on any atom is -0.478 e. The first kappa shape index (κ1) is 22.9. The molecule has 33 heavy (non-hydrogen) atoms. The number of benzene rings is 2. The van der Waals surface area contributed by atoms with E-state index in [9.17, 15) is 14.7 Å². The second-order valence-corrected chi connectivity index (χ2v) is 9.40. The van der Waals surface area contributed by atoms with Gasteiger partial charge in [-0.25, -0.2) is 9.79 Å². The van der Waals surface area contributed by atoms with Gasteiger partial charge >= 0.3 is 5.97 Å². The predicted molar refractivity (Wildman–Crippen MR) is 134 cm³/mol. The summed E-state index contributed by atoms with van der Waals surface area (Å²) in [6, 6.07) is 12.9. The van der Waals surface area contributed by atoms with Crippen LogP contribution in [0.15, 0.2) is 52.4 Å². The summed E-state index contributed by atoms with van der Waals surface area (Å²) in [6.45, 7) is 7.92. The van der Waals surface area contributed by atoms with Crippen LogP contribution in [0.4, 0.5) is 5.69 Å². The highest BCUT2D eigenvalue weighted by atomic mass is 35.5. The van der Waals surface area contributed by atoms with E-state index in [1.807, 2.05) is 56.5 Å². The Morgan fingerprint density at radius 1 is 1.09 bits per heavy atom. The Morgan fingerprint density at radius 2 is 1.79 bits per heavy atom. The fourth-order valence-electron chi connectivity index (χ4n) is 3.90. The number of nitrogens with one attached hydrogen (secondary N) is 1. The molecule has 1 aromatic heterocycles. The SMILES string of the molecule is Cc1cc(C)cc(N=C2NC(=O)/C(=C/c3cc(C)n(-c4ccc(C(=O)O)c(Cl)c4)c3C)S2)c1. The molecule has 168 valence electrons. The Morgan fingerprint density at radius 3 is 2.42 bits per heavy atom. The maximum absolute atomic E-state index is 12.6. The van der Waals surface area contributed by atoms with E-state index in [4.69, 9.17) is 11.6 Å². The molecule has 4 rings (SSSR count). The molecule has 0 radical (unpaired) electrons. The standard InChI is InChI=1S/C25H22ClN3O3S/c1-13-7-14(2)9-18(8-13)27-25-28-23(30)22(33-25)11-17-10-15(3)29(16(17)4)19-5-6-20(24(31)32)21(26)12-19/h5-12H,1-4H3,(H,31,32)(H,27,28,30)/b22-11-. The van der Waals surface area contributed by atoms with Gasteiger partial charge < -0.3 is 15.0 Å². The molecular weight excluding hydrogens is 458 g/mol. The lowest BCUT2D eigenvalue weighted by Crippen LogP contribution is -2.19. The Labute approximate surface area is 201 Å². The van der Waals surface area contributed by atoms with Gasteiger partial charge in [-0.1, -0.05) is 17.7 Å². The van der Waals surface area contributed by atoms with Crippen molar-refractivity contribution in [3.63, 3.8) is 0 Å². The number of amides is 1. The lowest BCUT2D eigenvalue weighted by Gasteiger charge is -2.11. The summed E-state index contributed by atoms with van der Waals surface area (Å²) in [5, 5.41) is 12.8. The summed E-state index contributed by atoms with van der Waals surface area (Å²) in [5.74, 6) is -1.26. The van der Waals surface area contributed by atoms with Gasteiger partial charge in [0, 0.05) is 17.1 Å². The number of thioether (sulfide) groups is 1. The third kappa shape index (κ3) is 4.74. The minimum atomic E-state index is -1.07. The monoisotopic (exact) mass is 479 g/mol. The van der Waals surface area contributed by atoms with E-state index in [1.165, 1.54) is 17.8 Å². The van der Waals surface area contributed by atoms with Crippen LogP contribution >= 0.6 is 23.4 Å². The van der Waals surface area contributed by atoms with Crippen LogP contribution in [0, 0.1) is 27.7 Å². The molecule has 2 aromatic carbocycles. The summed E-state index contributed by atoms with van der Waals surface area (Å²) < 4.78 is 1.98. The highest BCUT2D eigenvalue weighted by Crippen LogP contribution is 2.31. The van der Waals surface area contributed by atoms with E-state index in [-0.39, 0.29) is 16.5 Å². The zero-order valence-corrected chi connectivity index (χ0v) is 20.1. The summed E-state index contributed by atoms with van der Waals surface area (Å²) in [7, 11) is 0. The number of aromatic nitrogens is 1. The van der Waals surface area contributed by atoms with Gasteiger partial charge in [0.05, 0.1) is 21.2 Å². The Hall–Kier alpha value is -3.29. The van der Waals surface area contributed by atoms with Crippen molar-refractivity contribution in [3.8, 4) is 5.69 Å². The minimum absolute atomic E-state index is 0.0554. The van der Waals surface area contributed by atoms with Crippen LogP contribution in [-0.4, -0.2) is 26.7 Å². The zero-order valence-electron chi connectivity index (χ0n) is 18.6. The Bertz CT molecular complexity index is 1350. The maximum Gasteiger partial charge on any atom is 0.337 e. The van der Waals surface area contributed by atoms with Gasteiger partial charge in [-0.05, 0) is 98.6 Å². The van der Waals surface area contributed by atoms with Crippen LogP contribution in [0.2, 0.25) is 5.02 Å². The third-order valence-corrected chi connectivity index (χ3v) is 6.51. The molecular formula is C25H22ClN3O3S. The number of amidine groups is 1. The molecule has 1 aliphatic heterocycles. The lowest BCUT2D eigenvalue weighted by atomic mass is 10.1. The molecule has 8 heteroatoms. The lowest BCUT2D eigenvalue weighted by molar-refractivity contribution is -0.115. The second-order valence-electron chi connectivity index (χ2n) is 7.96. The van der Waals surface area contributed by atoms with Crippen molar-refractivity contribution in [2.45, 2.75) is 27.7 Å². The van der Waals surface area contributed by atoms with Gasteiger partial charge in [0.1, 0.15) is 0 Å². The number of hydrogen-bond acceptors (Lipinski definition) is 4. The number of aliphatic imine (C=N–C) groups is 1. The van der Waals surface area contributed by atoms with Crippen molar-refractivity contribution >= 4 is 52.2 Å². The number of rotatable bonds is 4. The largest absolute Gasteiger partial charge is 0.478 e. The molecule has 0 aliphatic carbocycles. The smallest absolute Gasteiger partial charge is 0.337 e. The third-order valence-electron chi connectivity index (χ3n) is 5.29. The van der Waals surface area contributed by atoms with Crippen LogP contribution in [0.3, 0.4) is 0 Å². The maximum atomic E-state index is 12.6. The van der Waals surface area contributed by atoms with Gasteiger partial charge in [-0.2, -0.15) is 0 Å². The van der Waals surface area contributed by atoms with Gasteiger partial charge in [0.2, 0.25) is 0 Å². The van der Waals surface area contributed by atoms with Crippen molar-refractivity contribution in [3.05, 3.63) is 86.0 Å². The molecule has 1 aliphatic rings. The van der Waals surface area contributed by atoms with E-state index in [0.29, 0.717) is 10.1 Å². The molecule has 2 N–H and O–H groups in total. The van der Waals surface area contributed by atoms with Crippen molar-refractivity contribution < 1.29 is 14.7 Å². The number of carbonyl (C=O) groups is 2. The number of hydrogen-bond donors (Lipinski definition) is 2. The fourth-order valence-corrected chi connectivity index (χ4v) is 4.99. The fraction of sp³-hybridized carbons (Fsp3) is 0.160. The highest BCUT2D eigenvalue weighted by molar-refractivity contribution is 8.18. The van der Waals surface area contributed by atoms with Crippen molar-refractivity contribution in [1.29, 1.82) is 0 Å². The molecule has 6 nitrogen and oxygen atoms in total. The second kappa shape index (κ2) is 8.92. The van der Waals surface area contributed by atoms with Crippen molar-refractivity contribution in [1.82, 2.24) is 9.88 Å². The zero-order chi connectivity index (χ0) is 23.9. The first-order valence-electron chi connectivity index (χ1n) is 10.2. The number of aryl methyl sites for hydroxylation is 3. The number of nitrogens with zero attached hydrogens (tertiary/aromatic N) is 2. The molecule has 0 saturated carbocycles. The van der Waals surface area contributed by atoms with Gasteiger partial charge in [0.25, 0.3) is 5.91 Å². The first-order chi connectivity index (χ1) is 15.6. The quantitative estimate of drug-likeness (QED) is 0.452. The van der Waals surface area contributed by atoms with E-state index in [0.717, 1.165) is 39.5 Å². The van der Waals surface area contributed by atoms with Crippen LogP contribution in [0.5, 0.6) is 0 Å². The van der Waals surface area contributed by atoms with Gasteiger partial charge in [0.15, 0.2) is 5.17 Å². The van der Waals surface area contributed by atoms with Gasteiger partial charge in [-0.3, -0.25) is 4.79 Å². The topological polar surface area (TPSA) is 83.7 Å². The molecule has 1 saturated heterocycles. The van der Waals surface area contributed by atoms with Crippen molar-refractivity contribution in [2.75, 3.05) is 0 Å². The molecule has 0 unspecified atom stereocenters.